The third-order valence-electron chi connectivity index (χ3n) is 6.24. The standard InChI is InChI=1S/C26H23F6N3O5/c27-20(28)13-40-19-4-2-1-3-17(19)21-22(36)18(11-35(34-21)16-9-10-39-12-16)23(37)33-15-7-5-14(6-8-15)26(38,24(29)30)25(31)32/h1-8,11,16,20,24-25,38H,9-10,12-13H2,(H,33,37)/t16-/m1/s1. The minimum absolute atomic E-state index is 0.0474. The van der Waals surface area contributed by atoms with Gasteiger partial charge in [-0.25, -0.2) is 26.3 Å². The van der Waals surface area contributed by atoms with Crippen molar-refractivity contribution in [2.75, 3.05) is 25.1 Å². The number of halogens is 6. The molecule has 214 valence electrons. The number of para-hydroxylation sites is 1. The van der Waals surface area contributed by atoms with Crippen molar-refractivity contribution in [1.82, 2.24) is 9.78 Å². The Balaban J connectivity index is 1.70. The maximum atomic E-state index is 13.4. The number of rotatable bonds is 10. The molecular formula is C26H23F6N3O5. The molecule has 0 saturated carbocycles. The first kappa shape index (κ1) is 29.1. The summed E-state index contributed by atoms with van der Waals surface area (Å²) in [5.74, 6) is -1.00. The number of anilines is 1. The Morgan fingerprint density at radius 1 is 1.10 bits per heavy atom. The number of aliphatic hydroxyl groups is 1. The summed E-state index contributed by atoms with van der Waals surface area (Å²) in [5, 5.41) is 16.5. The number of hydrogen-bond donors (Lipinski definition) is 2. The van der Waals surface area contributed by atoms with Gasteiger partial charge in [-0.3, -0.25) is 14.3 Å². The van der Waals surface area contributed by atoms with E-state index < -0.39 is 53.9 Å². The van der Waals surface area contributed by atoms with Gasteiger partial charge in [-0.05, 0) is 36.2 Å². The van der Waals surface area contributed by atoms with Crippen molar-refractivity contribution in [2.24, 2.45) is 0 Å². The second-order valence-corrected chi connectivity index (χ2v) is 8.87. The minimum atomic E-state index is -3.78. The normalized spacial score (nSPS) is 15.7. The highest BCUT2D eigenvalue weighted by Crippen LogP contribution is 2.35. The first-order valence-electron chi connectivity index (χ1n) is 11.9. The lowest BCUT2D eigenvalue weighted by Gasteiger charge is -2.26. The Morgan fingerprint density at radius 2 is 1.77 bits per heavy atom. The van der Waals surface area contributed by atoms with Gasteiger partial charge in [0, 0.05) is 24.1 Å². The van der Waals surface area contributed by atoms with E-state index in [9.17, 15) is 41.0 Å². The summed E-state index contributed by atoms with van der Waals surface area (Å²) in [4.78, 5) is 26.6. The molecule has 1 saturated heterocycles. The predicted molar refractivity (Wildman–Crippen MR) is 130 cm³/mol. The van der Waals surface area contributed by atoms with Gasteiger partial charge in [-0.1, -0.05) is 24.3 Å². The lowest BCUT2D eigenvalue weighted by atomic mass is 9.94. The van der Waals surface area contributed by atoms with Crippen molar-refractivity contribution < 1.29 is 45.7 Å². The summed E-state index contributed by atoms with van der Waals surface area (Å²) in [6, 6.07) is 9.13. The van der Waals surface area contributed by atoms with E-state index in [1.165, 1.54) is 35.1 Å². The highest BCUT2D eigenvalue weighted by atomic mass is 19.3. The first-order valence-corrected chi connectivity index (χ1v) is 11.9. The van der Waals surface area contributed by atoms with Gasteiger partial charge >= 0.3 is 0 Å². The summed E-state index contributed by atoms with van der Waals surface area (Å²) in [6.07, 6.45) is -8.64. The topological polar surface area (TPSA) is 103 Å². The molecule has 0 bridgehead atoms. The number of amides is 1. The number of nitrogens with one attached hydrogen (secondary N) is 1. The van der Waals surface area contributed by atoms with E-state index in [-0.39, 0.29) is 35.3 Å². The Labute approximate surface area is 223 Å². The van der Waals surface area contributed by atoms with E-state index in [0.29, 0.717) is 13.0 Å². The molecule has 1 aliphatic heterocycles. The molecule has 1 fully saturated rings. The first-order chi connectivity index (χ1) is 19.0. The highest BCUT2D eigenvalue weighted by Gasteiger charge is 2.48. The van der Waals surface area contributed by atoms with E-state index in [1.54, 1.807) is 0 Å². The third-order valence-corrected chi connectivity index (χ3v) is 6.24. The van der Waals surface area contributed by atoms with Crippen LogP contribution in [0.3, 0.4) is 0 Å². The molecule has 2 aromatic carbocycles. The second kappa shape index (κ2) is 12.1. The molecule has 3 aromatic rings. The summed E-state index contributed by atoms with van der Waals surface area (Å²) in [5.41, 5.74) is -5.97. The fourth-order valence-corrected chi connectivity index (χ4v) is 4.07. The molecule has 0 radical (unpaired) electrons. The summed E-state index contributed by atoms with van der Waals surface area (Å²) in [7, 11) is 0. The number of aromatic nitrogens is 2. The maximum Gasteiger partial charge on any atom is 0.276 e. The number of carbonyl (C=O) groups excluding carboxylic acids is 1. The quantitative estimate of drug-likeness (QED) is 0.348. The van der Waals surface area contributed by atoms with Gasteiger partial charge in [-0.15, -0.1) is 0 Å². The third kappa shape index (κ3) is 5.97. The van der Waals surface area contributed by atoms with Crippen LogP contribution in [-0.4, -0.2) is 59.9 Å². The monoisotopic (exact) mass is 571 g/mol. The molecule has 14 heteroatoms. The zero-order valence-corrected chi connectivity index (χ0v) is 20.6. The fraction of sp³-hybridized carbons (Fsp3) is 0.346. The van der Waals surface area contributed by atoms with E-state index in [4.69, 9.17) is 9.47 Å². The zero-order chi connectivity index (χ0) is 29.0. The van der Waals surface area contributed by atoms with Crippen LogP contribution in [0.25, 0.3) is 11.3 Å². The highest BCUT2D eigenvalue weighted by molar-refractivity contribution is 6.04. The van der Waals surface area contributed by atoms with Crippen molar-refractivity contribution in [3.63, 3.8) is 0 Å². The van der Waals surface area contributed by atoms with Crippen molar-refractivity contribution in [1.29, 1.82) is 0 Å². The number of alkyl halides is 6. The number of ether oxygens (including phenoxy) is 2. The van der Waals surface area contributed by atoms with E-state index >= 15 is 0 Å². The second-order valence-electron chi connectivity index (χ2n) is 8.87. The van der Waals surface area contributed by atoms with Crippen molar-refractivity contribution >= 4 is 11.6 Å². The molecule has 1 aliphatic rings. The van der Waals surface area contributed by atoms with Gasteiger partial charge in [0.05, 0.1) is 12.6 Å². The maximum absolute atomic E-state index is 13.4. The van der Waals surface area contributed by atoms with Crippen LogP contribution in [0.1, 0.15) is 28.4 Å². The Bertz CT molecular complexity index is 1390. The molecule has 0 unspecified atom stereocenters. The van der Waals surface area contributed by atoms with Gasteiger partial charge in [-0.2, -0.15) is 5.10 Å². The van der Waals surface area contributed by atoms with Crippen LogP contribution in [0, 0.1) is 0 Å². The summed E-state index contributed by atoms with van der Waals surface area (Å²) in [6.45, 7) is -0.304. The van der Waals surface area contributed by atoms with Gasteiger partial charge in [0.1, 0.15) is 23.6 Å². The Kier molecular flexibility index (Phi) is 8.79. The molecule has 1 amide bonds. The van der Waals surface area contributed by atoms with Gasteiger partial charge in [0.25, 0.3) is 25.2 Å². The van der Waals surface area contributed by atoms with Gasteiger partial charge in [0.2, 0.25) is 11.0 Å². The van der Waals surface area contributed by atoms with Crippen LogP contribution >= 0.6 is 0 Å². The minimum Gasteiger partial charge on any atom is -0.487 e. The summed E-state index contributed by atoms with van der Waals surface area (Å²) < 4.78 is 90.1. The molecular weight excluding hydrogens is 548 g/mol. The van der Waals surface area contributed by atoms with Crippen molar-refractivity contribution in [3.8, 4) is 17.0 Å². The molecule has 1 aromatic heterocycles. The van der Waals surface area contributed by atoms with E-state index in [0.717, 1.165) is 24.3 Å². The SMILES string of the molecule is O=C(Nc1ccc(C(O)(C(F)F)C(F)F)cc1)c1cn([C@@H]2CCOC2)nc(-c2ccccc2OCC(F)F)c1=O. The number of hydrogen-bond acceptors (Lipinski definition) is 6. The van der Waals surface area contributed by atoms with E-state index in [2.05, 4.69) is 10.4 Å². The van der Waals surface area contributed by atoms with Crippen LogP contribution in [-0.2, 0) is 10.3 Å². The lowest BCUT2D eigenvalue weighted by Crippen LogP contribution is -2.41. The van der Waals surface area contributed by atoms with Crippen LogP contribution in [0.4, 0.5) is 32.0 Å². The molecule has 40 heavy (non-hydrogen) atoms. The number of nitrogens with zero attached hydrogens (tertiary/aromatic N) is 2. The molecule has 4 rings (SSSR count). The molecule has 0 aliphatic carbocycles. The van der Waals surface area contributed by atoms with Crippen LogP contribution < -0.4 is 15.5 Å². The molecule has 8 nitrogen and oxygen atoms in total. The van der Waals surface area contributed by atoms with Crippen molar-refractivity contribution in [3.05, 3.63) is 76.1 Å². The van der Waals surface area contributed by atoms with Crippen LogP contribution in [0.5, 0.6) is 5.75 Å². The zero-order valence-electron chi connectivity index (χ0n) is 20.6. The number of benzene rings is 2. The molecule has 2 heterocycles. The molecule has 2 N–H and O–H groups in total. The average Bonchev–Trinajstić information content (AvgIpc) is 3.47. The Hall–Kier alpha value is -3.91. The summed E-state index contributed by atoms with van der Waals surface area (Å²) >= 11 is 0. The van der Waals surface area contributed by atoms with Crippen LogP contribution in [0.2, 0.25) is 0 Å². The van der Waals surface area contributed by atoms with Crippen LogP contribution in [0.15, 0.2) is 59.5 Å². The van der Waals surface area contributed by atoms with Gasteiger partial charge < -0.3 is 19.9 Å². The largest absolute Gasteiger partial charge is 0.487 e. The lowest BCUT2D eigenvalue weighted by molar-refractivity contribution is -0.183. The predicted octanol–water partition coefficient (Wildman–Crippen LogP) is 4.49. The number of carbonyl (C=O) groups is 1. The Morgan fingerprint density at radius 3 is 2.38 bits per heavy atom. The van der Waals surface area contributed by atoms with E-state index in [1.807, 2.05) is 0 Å². The molecule has 1 atom stereocenters. The fourth-order valence-electron chi connectivity index (χ4n) is 4.07. The van der Waals surface area contributed by atoms with Crippen molar-refractivity contribution in [2.45, 2.75) is 37.3 Å². The smallest absolute Gasteiger partial charge is 0.276 e. The molecule has 0 spiro atoms. The average molecular weight is 571 g/mol. The van der Waals surface area contributed by atoms with Gasteiger partial charge in [0.15, 0.2) is 0 Å².